The van der Waals surface area contributed by atoms with Gasteiger partial charge in [0.05, 0.1) is 5.69 Å². The molecule has 0 aliphatic heterocycles. The number of nitrogens with one attached hydrogen (secondary N) is 2. The second-order valence-electron chi connectivity index (χ2n) is 6.28. The van der Waals surface area contributed by atoms with E-state index in [1.165, 1.54) is 0 Å². The van der Waals surface area contributed by atoms with Crippen LogP contribution in [0.4, 0.5) is 0 Å². The maximum atomic E-state index is 5.33. The number of aromatic nitrogens is 3. The first-order valence-corrected chi connectivity index (χ1v) is 8.53. The molecule has 0 bridgehead atoms. The average molecular weight is 460 g/mol. The third-order valence-electron chi connectivity index (χ3n) is 3.58. The maximum Gasteiger partial charge on any atom is 0.191 e. The van der Waals surface area contributed by atoms with Gasteiger partial charge in [0.25, 0.3) is 0 Å². The van der Waals surface area contributed by atoms with Gasteiger partial charge in [-0.3, -0.25) is 4.68 Å². The normalized spacial score (nSPS) is 12.8. The summed E-state index contributed by atoms with van der Waals surface area (Å²) in [5.41, 5.74) is 0.964. The van der Waals surface area contributed by atoms with Gasteiger partial charge in [0.1, 0.15) is 6.54 Å². The van der Waals surface area contributed by atoms with Gasteiger partial charge in [-0.15, -0.1) is 24.0 Å². The highest BCUT2D eigenvalue weighted by Gasteiger charge is 2.08. The molecule has 2 aromatic rings. The summed E-state index contributed by atoms with van der Waals surface area (Å²) < 4.78 is 7.27. The summed E-state index contributed by atoms with van der Waals surface area (Å²) in [5, 5.41) is 14.9. The highest BCUT2D eigenvalue weighted by Crippen LogP contribution is 2.14. The Morgan fingerprint density at radius 3 is 2.72 bits per heavy atom. The predicted octanol–water partition coefficient (Wildman–Crippen LogP) is 3.00. The number of hydrogen-bond donors (Lipinski definition) is 2. The van der Waals surface area contributed by atoms with E-state index >= 15 is 0 Å². The molecule has 8 heteroatoms. The molecular formula is C17H29IN6O. The van der Waals surface area contributed by atoms with Crippen molar-refractivity contribution in [2.75, 3.05) is 13.1 Å². The zero-order valence-electron chi connectivity index (χ0n) is 15.4. The molecule has 0 spiro atoms. The summed E-state index contributed by atoms with van der Waals surface area (Å²) in [6.07, 6.45) is 3.78. The van der Waals surface area contributed by atoms with Gasteiger partial charge in [0, 0.05) is 38.1 Å². The van der Waals surface area contributed by atoms with Crippen molar-refractivity contribution in [3.63, 3.8) is 0 Å². The quantitative estimate of drug-likeness (QED) is 0.360. The third kappa shape index (κ3) is 7.45. The van der Waals surface area contributed by atoms with Crippen molar-refractivity contribution >= 4 is 29.9 Å². The molecule has 0 aliphatic carbocycles. The Bertz CT molecular complexity index is 623. The van der Waals surface area contributed by atoms with Crippen LogP contribution in [0.5, 0.6) is 0 Å². The van der Waals surface area contributed by atoms with Gasteiger partial charge >= 0.3 is 0 Å². The molecule has 25 heavy (non-hydrogen) atoms. The number of nitrogens with zero attached hydrogens (tertiary/aromatic N) is 4. The van der Waals surface area contributed by atoms with E-state index in [-0.39, 0.29) is 24.0 Å². The van der Waals surface area contributed by atoms with Crippen molar-refractivity contribution in [3.05, 3.63) is 36.0 Å². The van der Waals surface area contributed by atoms with Crippen molar-refractivity contribution in [1.82, 2.24) is 25.6 Å². The molecule has 2 N–H and O–H groups in total. The lowest BCUT2D eigenvalue weighted by Crippen LogP contribution is -2.40. The van der Waals surface area contributed by atoms with E-state index in [1.807, 2.05) is 23.0 Å². The molecule has 1 unspecified atom stereocenters. The fraction of sp³-hybridized carbons (Fsp3) is 0.588. The molecule has 2 rings (SSSR count). The van der Waals surface area contributed by atoms with Gasteiger partial charge in [0.15, 0.2) is 11.7 Å². The number of hydrogen-bond acceptors (Lipinski definition) is 4. The molecule has 0 saturated carbocycles. The smallest absolute Gasteiger partial charge is 0.191 e. The second kappa shape index (κ2) is 11.1. The fourth-order valence-corrected chi connectivity index (χ4v) is 2.24. The summed E-state index contributed by atoms with van der Waals surface area (Å²) in [6.45, 7) is 11.4. The zero-order chi connectivity index (χ0) is 17.4. The lowest BCUT2D eigenvalue weighted by atomic mass is 10.1. The SMILES string of the molecule is CCNC(=NCc1cc(C(C)C)no1)NCC(C)Cn1cccn1.I. The maximum absolute atomic E-state index is 5.33. The lowest BCUT2D eigenvalue weighted by Gasteiger charge is -2.15. The van der Waals surface area contributed by atoms with Crippen LogP contribution >= 0.6 is 24.0 Å². The molecule has 2 heterocycles. The summed E-state index contributed by atoms with van der Waals surface area (Å²) in [6, 6.07) is 3.91. The molecule has 7 nitrogen and oxygen atoms in total. The van der Waals surface area contributed by atoms with Gasteiger partial charge in [0.2, 0.25) is 0 Å². The van der Waals surface area contributed by atoms with Crippen LogP contribution in [0.25, 0.3) is 0 Å². The van der Waals surface area contributed by atoms with Crippen LogP contribution in [0.2, 0.25) is 0 Å². The van der Waals surface area contributed by atoms with E-state index in [0.29, 0.717) is 18.4 Å². The molecule has 0 aliphatic rings. The molecule has 0 aromatic carbocycles. The van der Waals surface area contributed by atoms with Gasteiger partial charge in [-0.1, -0.05) is 25.9 Å². The summed E-state index contributed by atoms with van der Waals surface area (Å²) in [7, 11) is 0. The van der Waals surface area contributed by atoms with E-state index in [4.69, 9.17) is 4.52 Å². The fourth-order valence-electron chi connectivity index (χ4n) is 2.24. The number of halogens is 1. The molecule has 0 saturated heterocycles. The highest BCUT2D eigenvalue weighted by atomic mass is 127. The Hall–Kier alpha value is -1.58. The van der Waals surface area contributed by atoms with Gasteiger partial charge in [-0.2, -0.15) is 5.10 Å². The van der Waals surface area contributed by atoms with Gasteiger partial charge in [-0.25, -0.2) is 4.99 Å². The van der Waals surface area contributed by atoms with Crippen LogP contribution in [0.1, 0.15) is 45.1 Å². The number of guanidine groups is 1. The second-order valence-corrected chi connectivity index (χ2v) is 6.28. The Balaban J connectivity index is 0.00000312. The monoisotopic (exact) mass is 460 g/mol. The Morgan fingerprint density at radius 1 is 1.32 bits per heavy atom. The first kappa shape index (κ1) is 21.5. The van der Waals surface area contributed by atoms with Crippen molar-refractivity contribution in [1.29, 1.82) is 0 Å². The van der Waals surface area contributed by atoms with E-state index in [9.17, 15) is 0 Å². The van der Waals surface area contributed by atoms with E-state index in [0.717, 1.165) is 37.0 Å². The van der Waals surface area contributed by atoms with Crippen LogP contribution in [0, 0.1) is 5.92 Å². The molecule has 1 atom stereocenters. The highest BCUT2D eigenvalue weighted by molar-refractivity contribution is 14.0. The zero-order valence-corrected chi connectivity index (χ0v) is 17.7. The third-order valence-corrected chi connectivity index (χ3v) is 3.58. The largest absolute Gasteiger partial charge is 0.359 e. The van der Waals surface area contributed by atoms with Crippen LogP contribution < -0.4 is 10.6 Å². The van der Waals surface area contributed by atoms with Crippen LogP contribution in [-0.2, 0) is 13.1 Å². The number of aliphatic imine (C=N–C) groups is 1. The minimum Gasteiger partial charge on any atom is -0.359 e. The first-order valence-electron chi connectivity index (χ1n) is 8.53. The standard InChI is InChI=1S/C17H28N6O.HI/c1-5-18-17(19-10-14(4)12-23-8-6-7-21-23)20-11-15-9-16(13(2)3)22-24-15;/h6-9,13-14H,5,10-12H2,1-4H3,(H2,18,19,20);1H. The molecule has 140 valence electrons. The van der Waals surface area contributed by atoms with Crippen molar-refractivity contribution in [3.8, 4) is 0 Å². The average Bonchev–Trinajstić information content (AvgIpc) is 3.21. The van der Waals surface area contributed by atoms with Gasteiger partial charge < -0.3 is 15.2 Å². The van der Waals surface area contributed by atoms with Gasteiger partial charge in [-0.05, 0) is 24.8 Å². The molecule has 0 radical (unpaired) electrons. The topological polar surface area (TPSA) is 80.3 Å². The summed E-state index contributed by atoms with van der Waals surface area (Å²) in [5.74, 6) is 2.36. The Kier molecular flexibility index (Phi) is 9.54. The first-order chi connectivity index (χ1) is 11.6. The molecule has 0 amide bonds. The molecule has 0 fully saturated rings. The Labute approximate surface area is 166 Å². The minimum absolute atomic E-state index is 0. The van der Waals surface area contributed by atoms with Crippen molar-refractivity contribution in [2.24, 2.45) is 10.9 Å². The summed E-state index contributed by atoms with van der Waals surface area (Å²) >= 11 is 0. The van der Waals surface area contributed by atoms with Crippen molar-refractivity contribution in [2.45, 2.75) is 46.7 Å². The van der Waals surface area contributed by atoms with E-state index in [2.05, 4.69) is 53.6 Å². The van der Waals surface area contributed by atoms with Crippen LogP contribution in [-0.4, -0.2) is 34.0 Å². The van der Waals surface area contributed by atoms with E-state index < -0.39 is 0 Å². The van der Waals surface area contributed by atoms with Crippen molar-refractivity contribution < 1.29 is 4.52 Å². The Morgan fingerprint density at radius 2 is 2.12 bits per heavy atom. The summed E-state index contributed by atoms with van der Waals surface area (Å²) in [4.78, 5) is 4.56. The minimum atomic E-state index is 0. The van der Waals surface area contributed by atoms with Crippen LogP contribution in [0.15, 0.2) is 34.0 Å². The van der Waals surface area contributed by atoms with Crippen LogP contribution in [0.3, 0.4) is 0 Å². The molecule has 2 aromatic heterocycles. The lowest BCUT2D eigenvalue weighted by molar-refractivity contribution is 0.376. The molecular weight excluding hydrogens is 431 g/mol. The number of rotatable bonds is 8. The predicted molar refractivity (Wildman–Crippen MR) is 110 cm³/mol. The van der Waals surface area contributed by atoms with E-state index in [1.54, 1.807) is 6.20 Å².